The van der Waals surface area contributed by atoms with E-state index in [9.17, 15) is 19.2 Å². The van der Waals surface area contributed by atoms with Gasteiger partial charge in [-0.2, -0.15) is 0 Å². The van der Waals surface area contributed by atoms with Crippen molar-refractivity contribution in [2.24, 2.45) is 0 Å². The quantitative estimate of drug-likeness (QED) is 0.646. The van der Waals surface area contributed by atoms with Crippen LogP contribution in [0, 0.1) is 6.92 Å². The Morgan fingerprint density at radius 1 is 0.923 bits per heavy atom. The molecular formula is C19H17N3O4. The van der Waals surface area contributed by atoms with E-state index >= 15 is 0 Å². The van der Waals surface area contributed by atoms with Gasteiger partial charge >= 0.3 is 0 Å². The first-order valence-electron chi connectivity index (χ1n) is 8.04. The molecule has 7 heteroatoms. The van der Waals surface area contributed by atoms with Crippen molar-refractivity contribution in [3.63, 3.8) is 0 Å². The van der Waals surface area contributed by atoms with Crippen LogP contribution in [0.4, 0.5) is 0 Å². The molecule has 4 amide bonds. The van der Waals surface area contributed by atoms with Crippen LogP contribution < -0.4 is 10.9 Å². The molecule has 0 saturated heterocycles. The third-order valence-electron chi connectivity index (χ3n) is 4.17. The maximum absolute atomic E-state index is 12.4. The molecule has 2 aromatic rings. The molecule has 0 aliphatic carbocycles. The summed E-state index contributed by atoms with van der Waals surface area (Å²) in [6.07, 6.45) is 0. The molecule has 26 heavy (non-hydrogen) atoms. The minimum Gasteiger partial charge on any atom is -0.271 e. The Morgan fingerprint density at radius 2 is 1.54 bits per heavy atom. The van der Waals surface area contributed by atoms with E-state index in [-0.39, 0.29) is 11.1 Å². The van der Waals surface area contributed by atoms with E-state index < -0.39 is 29.7 Å². The predicted molar refractivity (Wildman–Crippen MR) is 93.2 cm³/mol. The van der Waals surface area contributed by atoms with E-state index in [2.05, 4.69) is 10.9 Å². The van der Waals surface area contributed by atoms with E-state index in [0.717, 1.165) is 10.5 Å². The van der Waals surface area contributed by atoms with Gasteiger partial charge < -0.3 is 0 Å². The van der Waals surface area contributed by atoms with Gasteiger partial charge in [-0.1, -0.05) is 29.8 Å². The fourth-order valence-electron chi connectivity index (χ4n) is 2.76. The fourth-order valence-corrected chi connectivity index (χ4v) is 2.76. The zero-order valence-corrected chi connectivity index (χ0v) is 14.3. The van der Waals surface area contributed by atoms with Gasteiger partial charge in [0.05, 0.1) is 11.1 Å². The molecule has 1 unspecified atom stereocenters. The maximum Gasteiger partial charge on any atom is 0.269 e. The zero-order valence-electron chi connectivity index (χ0n) is 14.3. The first-order chi connectivity index (χ1) is 12.4. The standard InChI is InChI=1S/C19H17N3O4/c1-11-6-5-7-13(10-11)17(24)21-20-16(23)12(2)22-18(25)14-8-3-4-9-15(14)19(22)26/h3-10,12H,1-2H3,(H,20,23)(H,21,24). The molecule has 0 fully saturated rings. The van der Waals surface area contributed by atoms with Crippen molar-refractivity contribution in [3.05, 3.63) is 70.8 Å². The van der Waals surface area contributed by atoms with Crippen molar-refractivity contribution in [3.8, 4) is 0 Å². The molecule has 2 N–H and O–H groups in total. The summed E-state index contributed by atoms with van der Waals surface area (Å²) in [5.74, 6) is -2.21. The summed E-state index contributed by atoms with van der Waals surface area (Å²) in [7, 11) is 0. The molecule has 1 aliphatic rings. The highest BCUT2D eigenvalue weighted by Crippen LogP contribution is 2.24. The predicted octanol–water partition coefficient (Wildman–Crippen LogP) is 1.44. The van der Waals surface area contributed by atoms with E-state index in [1.165, 1.54) is 6.92 Å². The highest BCUT2D eigenvalue weighted by Gasteiger charge is 2.40. The first kappa shape index (κ1) is 17.3. The van der Waals surface area contributed by atoms with E-state index in [1.807, 2.05) is 13.0 Å². The van der Waals surface area contributed by atoms with E-state index in [0.29, 0.717) is 5.56 Å². The third-order valence-corrected chi connectivity index (χ3v) is 4.17. The largest absolute Gasteiger partial charge is 0.271 e. The van der Waals surface area contributed by atoms with Crippen LogP contribution in [-0.4, -0.2) is 34.6 Å². The summed E-state index contributed by atoms with van der Waals surface area (Å²) in [4.78, 5) is 50.0. The van der Waals surface area contributed by atoms with Gasteiger partial charge in [-0.25, -0.2) is 0 Å². The van der Waals surface area contributed by atoms with Crippen LogP contribution >= 0.6 is 0 Å². The highest BCUT2D eigenvalue weighted by atomic mass is 16.2. The van der Waals surface area contributed by atoms with Crippen LogP contribution in [0.15, 0.2) is 48.5 Å². The normalized spacial score (nSPS) is 14.0. The molecular weight excluding hydrogens is 334 g/mol. The van der Waals surface area contributed by atoms with Gasteiger partial charge in [-0.15, -0.1) is 0 Å². The zero-order chi connectivity index (χ0) is 18.8. The van der Waals surface area contributed by atoms with Crippen LogP contribution in [0.5, 0.6) is 0 Å². The first-order valence-corrected chi connectivity index (χ1v) is 8.04. The van der Waals surface area contributed by atoms with Crippen molar-refractivity contribution in [1.82, 2.24) is 15.8 Å². The Bertz CT molecular complexity index is 888. The molecule has 0 bridgehead atoms. The van der Waals surface area contributed by atoms with Crippen molar-refractivity contribution in [2.75, 3.05) is 0 Å². The number of carbonyl (C=O) groups is 4. The van der Waals surface area contributed by atoms with Crippen molar-refractivity contribution in [1.29, 1.82) is 0 Å². The van der Waals surface area contributed by atoms with Gasteiger partial charge in [0, 0.05) is 5.56 Å². The minimum atomic E-state index is -1.07. The van der Waals surface area contributed by atoms with Gasteiger partial charge in [-0.05, 0) is 38.1 Å². The summed E-state index contributed by atoms with van der Waals surface area (Å²) in [5.41, 5.74) is 6.38. The Hall–Kier alpha value is -3.48. The molecule has 0 radical (unpaired) electrons. The second-order valence-electron chi connectivity index (χ2n) is 6.01. The summed E-state index contributed by atoms with van der Waals surface area (Å²) >= 11 is 0. The number of carbonyl (C=O) groups excluding carboxylic acids is 4. The fraction of sp³-hybridized carbons (Fsp3) is 0.158. The van der Waals surface area contributed by atoms with Crippen LogP contribution in [0.3, 0.4) is 0 Å². The average Bonchev–Trinajstić information content (AvgIpc) is 2.90. The molecule has 1 heterocycles. The number of rotatable bonds is 3. The lowest BCUT2D eigenvalue weighted by molar-refractivity contribution is -0.125. The van der Waals surface area contributed by atoms with Gasteiger partial charge in [0.25, 0.3) is 23.6 Å². The molecule has 1 aliphatic heterocycles. The lowest BCUT2D eigenvalue weighted by Gasteiger charge is -2.21. The average molecular weight is 351 g/mol. The summed E-state index contributed by atoms with van der Waals surface area (Å²) < 4.78 is 0. The molecule has 0 spiro atoms. The lowest BCUT2D eigenvalue weighted by atomic mass is 10.1. The second kappa shape index (κ2) is 6.79. The summed E-state index contributed by atoms with van der Waals surface area (Å²) in [6, 6.07) is 12.2. The van der Waals surface area contributed by atoms with Gasteiger partial charge in [0.15, 0.2) is 0 Å². The van der Waals surface area contributed by atoms with E-state index in [4.69, 9.17) is 0 Å². The number of nitrogens with one attached hydrogen (secondary N) is 2. The number of amides is 4. The smallest absolute Gasteiger partial charge is 0.269 e. The number of hydrogen-bond donors (Lipinski definition) is 2. The molecule has 0 aromatic heterocycles. The van der Waals surface area contributed by atoms with Crippen LogP contribution in [0.2, 0.25) is 0 Å². The van der Waals surface area contributed by atoms with Crippen LogP contribution in [-0.2, 0) is 4.79 Å². The number of hydrogen-bond acceptors (Lipinski definition) is 4. The molecule has 0 saturated carbocycles. The second-order valence-corrected chi connectivity index (χ2v) is 6.01. The molecule has 7 nitrogen and oxygen atoms in total. The molecule has 1 atom stereocenters. The monoisotopic (exact) mass is 351 g/mol. The molecule has 2 aromatic carbocycles. The minimum absolute atomic E-state index is 0.265. The lowest BCUT2D eigenvalue weighted by Crippen LogP contribution is -2.52. The molecule has 132 valence electrons. The SMILES string of the molecule is Cc1cccc(C(=O)NNC(=O)C(C)N2C(=O)c3ccccc3C2=O)c1. The number of aryl methyl sites for hydroxylation is 1. The Balaban J connectivity index is 1.66. The summed E-state index contributed by atoms with van der Waals surface area (Å²) in [5, 5.41) is 0. The highest BCUT2D eigenvalue weighted by molar-refractivity contribution is 6.22. The number of fused-ring (bicyclic) bond motifs is 1. The summed E-state index contributed by atoms with van der Waals surface area (Å²) in [6.45, 7) is 3.27. The Labute approximate surface area is 150 Å². The van der Waals surface area contributed by atoms with Gasteiger partial charge in [0.2, 0.25) is 0 Å². The number of imide groups is 1. The van der Waals surface area contributed by atoms with Gasteiger partial charge in [-0.3, -0.25) is 34.9 Å². The number of benzene rings is 2. The molecule has 3 rings (SSSR count). The number of nitrogens with zero attached hydrogens (tertiary/aromatic N) is 1. The number of hydrazine groups is 1. The van der Waals surface area contributed by atoms with Crippen molar-refractivity contribution in [2.45, 2.75) is 19.9 Å². The van der Waals surface area contributed by atoms with Crippen molar-refractivity contribution < 1.29 is 19.2 Å². The topological polar surface area (TPSA) is 95.6 Å². The van der Waals surface area contributed by atoms with Gasteiger partial charge in [0.1, 0.15) is 6.04 Å². The van der Waals surface area contributed by atoms with E-state index in [1.54, 1.807) is 42.5 Å². The Morgan fingerprint density at radius 3 is 2.12 bits per heavy atom. The van der Waals surface area contributed by atoms with Crippen LogP contribution in [0.25, 0.3) is 0 Å². The van der Waals surface area contributed by atoms with Crippen LogP contribution in [0.1, 0.15) is 43.6 Å². The Kier molecular flexibility index (Phi) is 4.53. The van der Waals surface area contributed by atoms with Crippen molar-refractivity contribution >= 4 is 23.6 Å². The third kappa shape index (κ3) is 3.06. The maximum atomic E-state index is 12.4.